The smallest absolute Gasteiger partial charge is 0.0721 e. The lowest BCUT2D eigenvalue weighted by Crippen LogP contribution is -2.20. The molecule has 6 heteroatoms. The Morgan fingerprint density at radius 1 is 0.500 bits per heavy atom. The zero-order chi connectivity index (χ0) is 25.6. The van der Waals surface area contributed by atoms with Crippen LogP contribution in [0.25, 0.3) is 0 Å². The predicted molar refractivity (Wildman–Crippen MR) is 156 cm³/mol. The van der Waals surface area contributed by atoms with Gasteiger partial charge in [0.1, 0.15) is 0 Å². The van der Waals surface area contributed by atoms with E-state index in [4.69, 9.17) is 9.47 Å². The van der Waals surface area contributed by atoms with Crippen LogP contribution in [0.2, 0.25) is 0 Å². The second-order valence-electron chi connectivity index (χ2n) is 9.89. The van der Waals surface area contributed by atoms with Gasteiger partial charge in [-0.05, 0) is 84.6 Å². The molecule has 0 unspecified atom stereocenters. The fraction of sp³-hybridized carbons (Fsp3) is 0.250. The number of benzene rings is 4. The number of rotatable bonds is 2. The molecule has 3 heterocycles. The minimum atomic E-state index is 0.595. The van der Waals surface area contributed by atoms with Crippen LogP contribution in [0.5, 0.6) is 0 Å². The Morgan fingerprint density at radius 2 is 0.789 bits per heavy atom. The number of hydrogen-bond acceptors (Lipinski definition) is 6. The molecule has 0 atom stereocenters. The van der Waals surface area contributed by atoms with E-state index in [1.165, 1.54) is 64.6 Å². The van der Waals surface area contributed by atoms with Crippen LogP contribution in [-0.4, -0.2) is 13.1 Å². The summed E-state index contributed by atoms with van der Waals surface area (Å²) in [5.41, 5.74) is 9.90. The van der Waals surface area contributed by atoms with E-state index in [9.17, 15) is 0 Å². The lowest BCUT2D eigenvalue weighted by atomic mass is 10.1. The van der Waals surface area contributed by atoms with Crippen molar-refractivity contribution in [1.29, 1.82) is 0 Å². The Morgan fingerprint density at radius 3 is 1.05 bits per heavy atom. The molecule has 3 aliphatic heterocycles. The van der Waals surface area contributed by atoms with E-state index in [0.717, 1.165) is 13.1 Å². The number of anilines is 4. The Hall–Kier alpha value is -2.90. The Labute approximate surface area is 232 Å². The van der Waals surface area contributed by atoms with Crippen LogP contribution in [0.4, 0.5) is 22.7 Å². The molecule has 0 radical (unpaired) electrons. The topological polar surface area (TPSA) is 24.9 Å². The molecule has 192 valence electrons. The summed E-state index contributed by atoms with van der Waals surface area (Å²) in [5.74, 6) is 0. The van der Waals surface area contributed by atoms with Crippen molar-refractivity contribution < 1.29 is 9.47 Å². The molecule has 4 aromatic carbocycles. The summed E-state index contributed by atoms with van der Waals surface area (Å²) < 4.78 is 12.5. The van der Waals surface area contributed by atoms with Crippen LogP contribution < -0.4 is 9.80 Å². The third-order valence-electron chi connectivity index (χ3n) is 7.41. The van der Waals surface area contributed by atoms with Gasteiger partial charge in [-0.15, -0.1) is 0 Å². The first-order chi connectivity index (χ1) is 18.7. The zero-order valence-electron chi connectivity index (χ0n) is 21.7. The maximum Gasteiger partial charge on any atom is 0.0721 e. The third kappa shape index (κ3) is 4.30. The molecule has 0 N–H and O–H groups in total. The average molecular weight is 539 g/mol. The number of ether oxygens (including phenoxy) is 2. The predicted octanol–water partition coefficient (Wildman–Crippen LogP) is 8.68. The number of nitrogens with zero attached hydrogens (tertiary/aromatic N) is 2. The van der Waals surface area contributed by atoms with Crippen molar-refractivity contribution in [2.45, 2.75) is 59.9 Å². The van der Waals surface area contributed by atoms with E-state index in [2.05, 4.69) is 96.4 Å². The molecule has 3 aliphatic rings. The molecule has 0 aliphatic carbocycles. The van der Waals surface area contributed by atoms with E-state index in [-0.39, 0.29) is 0 Å². The normalized spacial score (nSPS) is 15.9. The van der Waals surface area contributed by atoms with Gasteiger partial charge in [0, 0.05) is 32.7 Å². The maximum absolute atomic E-state index is 6.24. The fourth-order valence-electron chi connectivity index (χ4n) is 5.56. The highest BCUT2D eigenvalue weighted by Gasteiger charge is 2.25. The molecular weight excluding hydrogens is 508 g/mol. The van der Waals surface area contributed by atoms with Crippen LogP contribution in [0.1, 0.15) is 36.1 Å². The summed E-state index contributed by atoms with van der Waals surface area (Å²) >= 11 is 3.70. The summed E-state index contributed by atoms with van der Waals surface area (Å²) in [4.78, 5) is 9.95. The van der Waals surface area contributed by atoms with Crippen molar-refractivity contribution in [3.63, 3.8) is 0 Å². The highest BCUT2D eigenvalue weighted by molar-refractivity contribution is 8.00. The van der Waals surface area contributed by atoms with Crippen molar-refractivity contribution in [2.24, 2.45) is 0 Å². The van der Waals surface area contributed by atoms with E-state index in [1.807, 2.05) is 23.5 Å². The number of fused-ring (bicyclic) bond motifs is 4. The summed E-state index contributed by atoms with van der Waals surface area (Å²) in [5, 5.41) is 0. The molecule has 0 saturated heterocycles. The van der Waals surface area contributed by atoms with E-state index >= 15 is 0 Å². The van der Waals surface area contributed by atoms with Crippen molar-refractivity contribution in [3.05, 3.63) is 95.1 Å². The van der Waals surface area contributed by atoms with E-state index in [0.29, 0.717) is 26.4 Å². The third-order valence-corrected chi connectivity index (χ3v) is 9.59. The van der Waals surface area contributed by atoms with Gasteiger partial charge in [-0.3, -0.25) is 0 Å². The van der Waals surface area contributed by atoms with Gasteiger partial charge in [0.2, 0.25) is 0 Å². The van der Waals surface area contributed by atoms with Gasteiger partial charge < -0.3 is 19.3 Å². The molecule has 0 aromatic heterocycles. The molecule has 0 fully saturated rings. The minimum Gasteiger partial charge on any atom is -0.372 e. The first-order valence-electron chi connectivity index (χ1n) is 13.3. The van der Waals surface area contributed by atoms with Crippen LogP contribution >= 0.6 is 23.5 Å². The SMILES string of the molecule is CCN1c2ccc3cc2Sc2cc(ccc21)COCc1ccc2c(c1)Sc1cc(ccc1N2CC)COC3. The van der Waals surface area contributed by atoms with Crippen molar-refractivity contribution in [3.8, 4) is 0 Å². The zero-order valence-corrected chi connectivity index (χ0v) is 23.3. The lowest BCUT2D eigenvalue weighted by molar-refractivity contribution is 0.107. The summed E-state index contributed by atoms with van der Waals surface area (Å²) in [6, 6.07) is 27.0. The van der Waals surface area contributed by atoms with E-state index < -0.39 is 0 Å². The highest BCUT2D eigenvalue weighted by Crippen LogP contribution is 2.50. The second kappa shape index (κ2) is 10.0. The summed E-state index contributed by atoms with van der Waals surface area (Å²) in [6.45, 7) is 8.67. The van der Waals surface area contributed by atoms with Gasteiger partial charge in [0.05, 0.1) is 49.2 Å². The van der Waals surface area contributed by atoms with E-state index in [1.54, 1.807) is 0 Å². The Kier molecular flexibility index (Phi) is 6.36. The lowest BCUT2D eigenvalue weighted by Gasteiger charge is -2.33. The first kappa shape index (κ1) is 24.2. The summed E-state index contributed by atoms with van der Waals surface area (Å²) in [7, 11) is 0. The van der Waals surface area contributed by atoms with Gasteiger partial charge in [-0.25, -0.2) is 0 Å². The Balaban J connectivity index is 1.26. The van der Waals surface area contributed by atoms with Crippen LogP contribution in [0.3, 0.4) is 0 Å². The fourth-order valence-corrected chi connectivity index (χ4v) is 8.01. The molecular formula is C32H30N2O2S2. The van der Waals surface area contributed by atoms with Gasteiger partial charge in [-0.1, -0.05) is 47.8 Å². The molecule has 0 spiro atoms. The molecule has 0 amide bonds. The van der Waals surface area contributed by atoms with Gasteiger partial charge in [0.25, 0.3) is 0 Å². The molecule has 38 heavy (non-hydrogen) atoms. The van der Waals surface area contributed by atoms with Crippen molar-refractivity contribution in [1.82, 2.24) is 0 Å². The Bertz CT molecular complexity index is 1310. The van der Waals surface area contributed by atoms with Gasteiger partial charge in [0.15, 0.2) is 0 Å². The molecule has 8 bridgehead atoms. The van der Waals surface area contributed by atoms with Crippen LogP contribution in [-0.2, 0) is 35.9 Å². The van der Waals surface area contributed by atoms with Crippen molar-refractivity contribution in [2.75, 3.05) is 22.9 Å². The van der Waals surface area contributed by atoms with Gasteiger partial charge >= 0.3 is 0 Å². The van der Waals surface area contributed by atoms with Gasteiger partial charge in [-0.2, -0.15) is 0 Å². The largest absolute Gasteiger partial charge is 0.372 e. The summed E-state index contributed by atoms with van der Waals surface area (Å²) in [6.07, 6.45) is 0. The standard InChI is InChI=1S/C32H30N2O2S2/c1-3-33-25-9-5-21-13-29(25)37-30-14-22(6-10-26(30)33)18-36-20-24-8-12-28-32(16-24)38-31-15-23(19-35-17-21)7-11-27(31)34(28)4-2/h5-16H,3-4,17-20H2,1-2H3. The monoisotopic (exact) mass is 538 g/mol. The van der Waals surface area contributed by atoms with Crippen molar-refractivity contribution >= 4 is 46.3 Å². The molecule has 4 aromatic rings. The first-order valence-corrected chi connectivity index (χ1v) is 14.9. The van der Waals surface area contributed by atoms with Crippen LogP contribution in [0, 0.1) is 0 Å². The quantitative estimate of drug-likeness (QED) is 0.253. The molecule has 4 nitrogen and oxygen atoms in total. The minimum absolute atomic E-state index is 0.595. The van der Waals surface area contributed by atoms with Crippen LogP contribution in [0.15, 0.2) is 92.4 Å². The average Bonchev–Trinajstić information content (AvgIpc) is 2.94. The molecule has 7 rings (SSSR count). The second-order valence-corrected chi connectivity index (χ2v) is 12.1. The number of hydrogen-bond donors (Lipinski definition) is 0. The maximum atomic E-state index is 6.24. The highest BCUT2D eigenvalue weighted by atomic mass is 32.2. The molecule has 0 saturated carbocycles.